The fourth-order valence-corrected chi connectivity index (χ4v) is 1.91. The number of rotatable bonds is 5. The molecule has 3 aromatic rings. The predicted molar refractivity (Wildman–Crippen MR) is 99.9 cm³/mol. The average molecular weight is 385 g/mol. The summed E-state index contributed by atoms with van der Waals surface area (Å²) in [6, 6.07) is 8.64. The zero-order valence-electron chi connectivity index (χ0n) is 14.9. The third kappa shape index (κ3) is 5.90. The van der Waals surface area contributed by atoms with Crippen molar-refractivity contribution in [2.45, 2.75) is 13.3 Å². The van der Waals surface area contributed by atoms with E-state index in [2.05, 4.69) is 20.1 Å². The summed E-state index contributed by atoms with van der Waals surface area (Å²) >= 11 is 0. The SMILES string of the molecule is CC/C(=N\Oc1ccccn1)c1cnc(N)cn1.O=Cc1c(F)cccc1F. The van der Waals surface area contributed by atoms with E-state index >= 15 is 0 Å². The summed E-state index contributed by atoms with van der Waals surface area (Å²) in [6.45, 7) is 1.96. The number of aldehydes is 1. The van der Waals surface area contributed by atoms with Crippen molar-refractivity contribution in [3.63, 3.8) is 0 Å². The fourth-order valence-electron chi connectivity index (χ4n) is 1.91. The van der Waals surface area contributed by atoms with E-state index in [1.54, 1.807) is 18.5 Å². The number of carbonyl (C=O) groups is 1. The van der Waals surface area contributed by atoms with Gasteiger partial charge in [0.2, 0.25) is 5.88 Å². The van der Waals surface area contributed by atoms with E-state index in [1.165, 1.54) is 12.3 Å². The minimum atomic E-state index is -0.824. The van der Waals surface area contributed by atoms with Crippen LogP contribution >= 0.6 is 0 Å². The van der Waals surface area contributed by atoms with Crippen molar-refractivity contribution in [2.24, 2.45) is 5.16 Å². The third-order valence-electron chi connectivity index (χ3n) is 3.31. The fraction of sp³-hybridized carbons (Fsp3) is 0.105. The van der Waals surface area contributed by atoms with E-state index in [4.69, 9.17) is 10.6 Å². The number of nitrogen functional groups attached to an aromatic ring is 1. The molecule has 2 heterocycles. The molecule has 0 unspecified atom stereocenters. The summed E-state index contributed by atoms with van der Waals surface area (Å²) in [4.78, 5) is 27.3. The quantitative estimate of drug-likeness (QED) is 0.410. The number of aromatic nitrogens is 3. The molecule has 0 saturated carbocycles. The highest BCUT2D eigenvalue weighted by atomic mass is 19.1. The topological polar surface area (TPSA) is 103 Å². The lowest BCUT2D eigenvalue weighted by atomic mass is 10.2. The lowest BCUT2D eigenvalue weighted by molar-refractivity contribution is 0.111. The number of hydrogen-bond acceptors (Lipinski definition) is 7. The summed E-state index contributed by atoms with van der Waals surface area (Å²) < 4.78 is 24.8. The van der Waals surface area contributed by atoms with Crippen molar-refractivity contribution in [1.29, 1.82) is 0 Å². The van der Waals surface area contributed by atoms with Crippen LogP contribution in [0.1, 0.15) is 29.4 Å². The van der Waals surface area contributed by atoms with E-state index in [1.807, 2.05) is 19.1 Å². The minimum Gasteiger partial charge on any atom is -0.382 e. The van der Waals surface area contributed by atoms with Crippen LogP contribution in [-0.4, -0.2) is 26.9 Å². The van der Waals surface area contributed by atoms with E-state index < -0.39 is 17.2 Å². The molecule has 0 fully saturated rings. The molecule has 3 rings (SSSR count). The number of anilines is 1. The maximum absolute atomic E-state index is 12.4. The summed E-state index contributed by atoms with van der Waals surface area (Å²) in [5.41, 5.74) is 6.30. The van der Waals surface area contributed by atoms with Gasteiger partial charge in [0.15, 0.2) is 6.29 Å². The number of carbonyl (C=O) groups excluding carboxylic acids is 1. The smallest absolute Gasteiger partial charge is 0.248 e. The highest BCUT2D eigenvalue weighted by Gasteiger charge is 2.05. The van der Waals surface area contributed by atoms with E-state index in [0.717, 1.165) is 12.1 Å². The largest absolute Gasteiger partial charge is 0.382 e. The van der Waals surface area contributed by atoms with Gasteiger partial charge in [0.05, 0.1) is 18.0 Å². The number of halogens is 2. The Bertz CT molecular complexity index is 915. The second-order valence-electron chi connectivity index (χ2n) is 5.23. The van der Waals surface area contributed by atoms with Crippen molar-refractivity contribution < 1.29 is 18.4 Å². The molecule has 1 aromatic carbocycles. The van der Waals surface area contributed by atoms with Gasteiger partial charge in [-0.2, -0.15) is 0 Å². The number of pyridine rings is 1. The van der Waals surface area contributed by atoms with Gasteiger partial charge in [0, 0.05) is 12.3 Å². The Hall–Kier alpha value is -3.75. The molecule has 0 radical (unpaired) electrons. The van der Waals surface area contributed by atoms with Crippen LogP contribution in [0.25, 0.3) is 0 Å². The summed E-state index contributed by atoms with van der Waals surface area (Å²) in [7, 11) is 0. The Labute approximate surface area is 159 Å². The Morgan fingerprint density at radius 2 is 1.86 bits per heavy atom. The lowest BCUT2D eigenvalue weighted by Crippen LogP contribution is -2.06. The van der Waals surface area contributed by atoms with Crippen LogP contribution in [0.2, 0.25) is 0 Å². The predicted octanol–water partition coefficient (Wildman–Crippen LogP) is 3.42. The highest BCUT2D eigenvalue weighted by Crippen LogP contribution is 2.08. The minimum absolute atomic E-state index is 0.157. The Balaban J connectivity index is 0.000000237. The van der Waals surface area contributed by atoms with Gasteiger partial charge in [-0.3, -0.25) is 4.79 Å². The molecule has 0 spiro atoms. The van der Waals surface area contributed by atoms with Crippen LogP contribution in [0.4, 0.5) is 14.6 Å². The average Bonchev–Trinajstić information content (AvgIpc) is 2.71. The number of hydrogen-bond donors (Lipinski definition) is 1. The maximum Gasteiger partial charge on any atom is 0.248 e. The molecule has 0 aliphatic rings. The second-order valence-corrected chi connectivity index (χ2v) is 5.23. The zero-order valence-corrected chi connectivity index (χ0v) is 14.9. The van der Waals surface area contributed by atoms with Gasteiger partial charge >= 0.3 is 0 Å². The number of benzene rings is 1. The summed E-state index contributed by atoms with van der Waals surface area (Å²) in [6.07, 6.45) is 5.52. The summed E-state index contributed by atoms with van der Waals surface area (Å²) in [5, 5.41) is 4.02. The molecule has 144 valence electrons. The van der Waals surface area contributed by atoms with Crippen molar-refractivity contribution in [1.82, 2.24) is 15.0 Å². The molecule has 0 aliphatic heterocycles. The first-order valence-electron chi connectivity index (χ1n) is 8.17. The molecule has 0 saturated heterocycles. The monoisotopic (exact) mass is 385 g/mol. The number of nitrogens with two attached hydrogens (primary N) is 1. The van der Waals surface area contributed by atoms with Crippen molar-refractivity contribution in [3.8, 4) is 5.88 Å². The van der Waals surface area contributed by atoms with Crippen molar-refractivity contribution in [3.05, 3.63) is 77.9 Å². The number of nitrogens with zero attached hydrogens (tertiary/aromatic N) is 4. The maximum atomic E-state index is 12.4. The molecule has 0 bridgehead atoms. The lowest BCUT2D eigenvalue weighted by Gasteiger charge is -2.02. The zero-order chi connectivity index (χ0) is 20.4. The Kier molecular flexibility index (Phi) is 7.64. The van der Waals surface area contributed by atoms with Crippen LogP contribution in [0.15, 0.2) is 60.1 Å². The molecule has 0 aliphatic carbocycles. The molecule has 7 nitrogen and oxygen atoms in total. The van der Waals surface area contributed by atoms with Gasteiger partial charge in [-0.1, -0.05) is 24.2 Å². The van der Waals surface area contributed by atoms with Gasteiger partial charge in [0.25, 0.3) is 0 Å². The van der Waals surface area contributed by atoms with Crippen LogP contribution in [0, 0.1) is 11.6 Å². The number of oxime groups is 1. The molecule has 28 heavy (non-hydrogen) atoms. The first-order chi connectivity index (χ1) is 13.5. The van der Waals surface area contributed by atoms with E-state index in [9.17, 15) is 13.6 Å². The first-order valence-corrected chi connectivity index (χ1v) is 8.17. The molecular weight excluding hydrogens is 368 g/mol. The standard InChI is InChI=1S/C12H13N5O.C7H4F2O/c1-2-9(10-7-16-11(13)8-15-10)17-18-12-5-3-4-6-14-12;8-6-2-1-3-7(9)5(6)4-10/h3-8H,2H2,1H3,(H2,13,16);1-4H/b17-9+;. The summed E-state index contributed by atoms with van der Waals surface area (Å²) in [5.74, 6) is -0.836. The molecule has 0 amide bonds. The normalized spacial score (nSPS) is 10.6. The van der Waals surface area contributed by atoms with Gasteiger partial charge in [-0.05, 0) is 24.6 Å². The van der Waals surface area contributed by atoms with Crippen LogP contribution in [0.3, 0.4) is 0 Å². The third-order valence-corrected chi connectivity index (χ3v) is 3.31. The molecule has 2 aromatic heterocycles. The van der Waals surface area contributed by atoms with Crippen molar-refractivity contribution >= 4 is 17.8 Å². The molecular formula is C19H17F2N5O2. The van der Waals surface area contributed by atoms with Crippen LogP contribution in [0.5, 0.6) is 5.88 Å². The Morgan fingerprint density at radius 1 is 1.11 bits per heavy atom. The Morgan fingerprint density at radius 3 is 2.36 bits per heavy atom. The van der Waals surface area contributed by atoms with Crippen molar-refractivity contribution in [2.75, 3.05) is 5.73 Å². The van der Waals surface area contributed by atoms with Gasteiger partial charge < -0.3 is 10.6 Å². The van der Waals surface area contributed by atoms with E-state index in [0.29, 0.717) is 29.5 Å². The molecule has 9 heteroatoms. The highest BCUT2D eigenvalue weighted by molar-refractivity contribution is 5.98. The second kappa shape index (κ2) is 10.4. The first kappa shape index (κ1) is 20.6. The van der Waals surface area contributed by atoms with Gasteiger partial charge in [-0.25, -0.2) is 23.7 Å². The van der Waals surface area contributed by atoms with Crippen LogP contribution < -0.4 is 10.6 Å². The van der Waals surface area contributed by atoms with Crippen LogP contribution in [-0.2, 0) is 0 Å². The van der Waals surface area contributed by atoms with Gasteiger partial charge in [-0.15, -0.1) is 0 Å². The molecule has 0 atom stereocenters. The van der Waals surface area contributed by atoms with Gasteiger partial charge in [0.1, 0.15) is 28.9 Å². The molecule has 2 N–H and O–H groups in total. The van der Waals surface area contributed by atoms with E-state index in [-0.39, 0.29) is 6.29 Å².